The quantitative estimate of drug-likeness (QED) is 0.506. The van der Waals surface area contributed by atoms with Crippen LogP contribution in [-0.4, -0.2) is 11.2 Å². The zero-order chi connectivity index (χ0) is 10.2. The molecule has 0 aromatic heterocycles. The second kappa shape index (κ2) is 6.83. The van der Waals surface area contributed by atoms with E-state index in [1.54, 1.807) is 0 Å². The first-order valence-electron chi connectivity index (χ1n) is 5.80. The molecule has 0 spiro atoms. The summed E-state index contributed by atoms with van der Waals surface area (Å²) < 4.78 is 0. The van der Waals surface area contributed by atoms with Crippen LogP contribution in [0, 0.1) is 0 Å². The molecule has 0 saturated heterocycles. The highest BCUT2D eigenvalue weighted by atomic mass is 16.3. The van der Waals surface area contributed by atoms with Crippen molar-refractivity contribution in [2.45, 2.75) is 57.5 Å². The summed E-state index contributed by atoms with van der Waals surface area (Å²) in [5.74, 6) is 0. The van der Waals surface area contributed by atoms with E-state index in [-0.39, 0.29) is 6.10 Å². The lowest BCUT2D eigenvalue weighted by molar-refractivity contribution is 0.160. The summed E-state index contributed by atoms with van der Waals surface area (Å²) in [5, 5.41) is 9.75. The van der Waals surface area contributed by atoms with Crippen LogP contribution < -0.4 is 0 Å². The molecular weight excluding hydrogens is 172 g/mol. The van der Waals surface area contributed by atoms with Gasteiger partial charge < -0.3 is 5.11 Å². The molecule has 0 aromatic carbocycles. The van der Waals surface area contributed by atoms with Crippen molar-refractivity contribution >= 4 is 0 Å². The third kappa shape index (κ3) is 4.61. The van der Waals surface area contributed by atoms with Gasteiger partial charge in [-0.05, 0) is 51.4 Å². The minimum absolute atomic E-state index is 0.126. The molecule has 0 saturated carbocycles. The lowest BCUT2D eigenvalue weighted by Crippen LogP contribution is -2.08. The highest BCUT2D eigenvalue weighted by molar-refractivity contribution is 5.06. The number of hydrogen-bond donors (Lipinski definition) is 1. The largest absolute Gasteiger partial charge is 0.393 e. The summed E-state index contributed by atoms with van der Waals surface area (Å²) in [5.41, 5.74) is 1.47. The maximum Gasteiger partial charge on any atom is 0.0577 e. The molecular formula is C13H22O. The van der Waals surface area contributed by atoms with E-state index in [4.69, 9.17) is 0 Å². The normalized spacial score (nSPS) is 18.8. The van der Waals surface area contributed by atoms with Crippen molar-refractivity contribution in [2.24, 2.45) is 0 Å². The third-order valence-corrected chi connectivity index (χ3v) is 2.83. The predicted octanol–water partition coefficient (Wildman–Crippen LogP) is 3.59. The fraction of sp³-hybridized carbons (Fsp3) is 0.692. The smallest absolute Gasteiger partial charge is 0.0577 e. The van der Waals surface area contributed by atoms with Crippen LogP contribution >= 0.6 is 0 Å². The van der Waals surface area contributed by atoms with Gasteiger partial charge in [0.05, 0.1) is 6.10 Å². The Morgan fingerprint density at radius 3 is 3.00 bits per heavy atom. The Bertz CT molecular complexity index is 193. The summed E-state index contributed by atoms with van der Waals surface area (Å²) >= 11 is 0. The summed E-state index contributed by atoms with van der Waals surface area (Å²) in [7, 11) is 0. The van der Waals surface area contributed by atoms with Crippen molar-refractivity contribution in [1.29, 1.82) is 0 Å². The van der Waals surface area contributed by atoms with Crippen molar-refractivity contribution < 1.29 is 5.11 Å². The van der Waals surface area contributed by atoms with Crippen molar-refractivity contribution in [3.8, 4) is 0 Å². The number of hydrogen-bond acceptors (Lipinski definition) is 1. The van der Waals surface area contributed by atoms with E-state index < -0.39 is 0 Å². The highest BCUT2D eigenvalue weighted by Crippen LogP contribution is 2.22. The van der Waals surface area contributed by atoms with Gasteiger partial charge in [-0.15, -0.1) is 6.58 Å². The number of aliphatic hydroxyl groups is 1. The molecule has 0 fully saturated rings. The molecule has 1 unspecified atom stereocenters. The van der Waals surface area contributed by atoms with Gasteiger partial charge in [0.15, 0.2) is 0 Å². The molecule has 0 aromatic rings. The fourth-order valence-electron chi connectivity index (χ4n) is 1.99. The Kier molecular flexibility index (Phi) is 5.62. The summed E-state index contributed by atoms with van der Waals surface area (Å²) in [4.78, 5) is 0. The van der Waals surface area contributed by atoms with Gasteiger partial charge in [-0.1, -0.05) is 17.7 Å². The second-order valence-electron chi connectivity index (χ2n) is 4.19. The first kappa shape index (κ1) is 11.5. The zero-order valence-corrected chi connectivity index (χ0v) is 9.04. The molecule has 1 atom stereocenters. The average Bonchev–Trinajstić information content (AvgIpc) is 2.20. The SMILES string of the molecule is C=CCCCC(O)CC1=CCCCC1. The molecule has 14 heavy (non-hydrogen) atoms. The first-order chi connectivity index (χ1) is 6.83. The monoisotopic (exact) mass is 194 g/mol. The van der Waals surface area contributed by atoms with Crippen LogP contribution in [-0.2, 0) is 0 Å². The Hall–Kier alpha value is -0.560. The molecule has 1 N–H and O–H groups in total. The van der Waals surface area contributed by atoms with E-state index in [0.29, 0.717) is 0 Å². The van der Waals surface area contributed by atoms with Crippen LogP contribution in [0.2, 0.25) is 0 Å². The van der Waals surface area contributed by atoms with E-state index in [2.05, 4.69) is 12.7 Å². The summed E-state index contributed by atoms with van der Waals surface area (Å²) in [6, 6.07) is 0. The molecule has 0 radical (unpaired) electrons. The number of rotatable bonds is 6. The van der Waals surface area contributed by atoms with E-state index >= 15 is 0 Å². The fourth-order valence-corrected chi connectivity index (χ4v) is 1.99. The van der Waals surface area contributed by atoms with Crippen LogP contribution in [0.3, 0.4) is 0 Å². The van der Waals surface area contributed by atoms with Crippen LogP contribution in [0.4, 0.5) is 0 Å². The Morgan fingerprint density at radius 2 is 2.36 bits per heavy atom. The van der Waals surface area contributed by atoms with Crippen molar-refractivity contribution in [2.75, 3.05) is 0 Å². The van der Waals surface area contributed by atoms with Gasteiger partial charge in [0.25, 0.3) is 0 Å². The third-order valence-electron chi connectivity index (χ3n) is 2.83. The van der Waals surface area contributed by atoms with E-state index in [9.17, 15) is 5.11 Å². The van der Waals surface area contributed by atoms with Gasteiger partial charge in [0.2, 0.25) is 0 Å². The van der Waals surface area contributed by atoms with Crippen LogP contribution in [0.15, 0.2) is 24.3 Å². The van der Waals surface area contributed by atoms with E-state index in [1.165, 1.54) is 31.3 Å². The average molecular weight is 194 g/mol. The highest BCUT2D eigenvalue weighted by Gasteiger charge is 2.09. The Morgan fingerprint density at radius 1 is 1.50 bits per heavy atom. The summed E-state index contributed by atoms with van der Waals surface area (Å²) in [6.07, 6.45) is 13.1. The van der Waals surface area contributed by atoms with Crippen LogP contribution in [0.1, 0.15) is 51.4 Å². The Labute approximate surface area is 87.5 Å². The number of aliphatic hydroxyl groups excluding tert-OH is 1. The maximum atomic E-state index is 9.75. The number of allylic oxidation sites excluding steroid dienone is 2. The van der Waals surface area contributed by atoms with Gasteiger partial charge >= 0.3 is 0 Å². The van der Waals surface area contributed by atoms with Crippen LogP contribution in [0.25, 0.3) is 0 Å². The van der Waals surface area contributed by atoms with Gasteiger partial charge in [-0.2, -0.15) is 0 Å². The molecule has 1 aliphatic carbocycles. The second-order valence-corrected chi connectivity index (χ2v) is 4.19. The summed E-state index contributed by atoms with van der Waals surface area (Å²) in [6.45, 7) is 3.68. The topological polar surface area (TPSA) is 20.2 Å². The van der Waals surface area contributed by atoms with Crippen LogP contribution in [0.5, 0.6) is 0 Å². The predicted molar refractivity (Wildman–Crippen MR) is 61.2 cm³/mol. The minimum atomic E-state index is -0.126. The minimum Gasteiger partial charge on any atom is -0.393 e. The molecule has 1 rings (SSSR count). The van der Waals surface area contributed by atoms with E-state index in [1.807, 2.05) is 6.08 Å². The van der Waals surface area contributed by atoms with Crippen molar-refractivity contribution in [1.82, 2.24) is 0 Å². The van der Waals surface area contributed by atoms with E-state index in [0.717, 1.165) is 25.7 Å². The lowest BCUT2D eigenvalue weighted by atomic mass is 9.94. The standard InChI is InChI=1S/C13H22O/c1-2-3-5-10-13(14)11-12-8-6-4-7-9-12/h2,8,13-14H,1,3-7,9-11H2. The molecule has 1 nitrogen and oxygen atoms in total. The van der Waals surface area contributed by atoms with Gasteiger partial charge in [-0.25, -0.2) is 0 Å². The molecule has 0 bridgehead atoms. The zero-order valence-electron chi connectivity index (χ0n) is 9.04. The van der Waals surface area contributed by atoms with Crippen molar-refractivity contribution in [3.05, 3.63) is 24.3 Å². The number of unbranched alkanes of at least 4 members (excludes halogenated alkanes) is 1. The molecule has 0 amide bonds. The maximum absolute atomic E-state index is 9.75. The molecule has 80 valence electrons. The Balaban J connectivity index is 2.15. The molecule has 0 aliphatic heterocycles. The molecule has 0 heterocycles. The molecule has 1 aliphatic rings. The molecule has 1 heteroatoms. The van der Waals surface area contributed by atoms with Gasteiger partial charge in [0.1, 0.15) is 0 Å². The first-order valence-corrected chi connectivity index (χ1v) is 5.80. The van der Waals surface area contributed by atoms with Gasteiger partial charge in [-0.3, -0.25) is 0 Å². The van der Waals surface area contributed by atoms with Gasteiger partial charge in [0, 0.05) is 0 Å². The van der Waals surface area contributed by atoms with Crippen molar-refractivity contribution in [3.63, 3.8) is 0 Å². The lowest BCUT2D eigenvalue weighted by Gasteiger charge is -2.16.